The summed E-state index contributed by atoms with van der Waals surface area (Å²) >= 11 is 0. The molecule has 0 unspecified atom stereocenters. The van der Waals surface area contributed by atoms with Crippen molar-refractivity contribution in [1.29, 1.82) is 0 Å². The molecule has 2 N–H and O–H groups in total. The van der Waals surface area contributed by atoms with Gasteiger partial charge in [-0.25, -0.2) is 4.98 Å². The van der Waals surface area contributed by atoms with E-state index in [9.17, 15) is 5.11 Å². The van der Waals surface area contributed by atoms with Gasteiger partial charge in [0.2, 0.25) is 5.95 Å². The van der Waals surface area contributed by atoms with Gasteiger partial charge in [0.05, 0.1) is 11.8 Å². The van der Waals surface area contributed by atoms with Crippen molar-refractivity contribution in [1.82, 2.24) is 9.97 Å². The maximum absolute atomic E-state index is 9.78. The summed E-state index contributed by atoms with van der Waals surface area (Å²) in [5.74, 6) is 1.45. The zero-order valence-corrected chi connectivity index (χ0v) is 14.5. The van der Waals surface area contributed by atoms with Gasteiger partial charge in [-0.3, -0.25) is 0 Å². The second-order valence-corrected chi connectivity index (χ2v) is 6.43. The van der Waals surface area contributed by atoms with Gasteiger partial charge in [-0.15, -0.1) is 0 Å². The SMILES string of the molecule is OC1CCN(c2cc(-c3ccccc3)nc(Nc3cc[c]cc3)n2)CC1. The van der Waals surface area contributed by atoms with Crippen molar-refractivity contribution in [2.24, 2.45) is 0 Å². The third-order valence-electron chi connectivity index (χ3n) is 4.55. The molecule has 26 heavy (non-hydrogen) atoms. The molecule has 0 amide bonds. The highest BCUT2D eigenvalue weighted by atomic mass is 16.3. The van der Waals surface area contributed by atoms with Crippen LogP contribution in [0.25, 0.3) is 11.3 Å². The highest BCUT2D eigenvalue weighted by molar-refractivity contribution is 5.66. The number of aliphatic hydroxyl groups is 1. The molecule has 0 bridgehead atoms. The monoisotopic (exact) mass is 345 g/mol. The Morgan fingerprint density at radius 3 is 2.46 bits per heavy atom. The second-order valence-electron chi connectivity index (χ2n) is 6.43. The predicted molar refractivity (Wildman–Crippen MR) is 103 cm³/mol. The lowest BCUT2D eigenvalue weighted by molar-refractivity contribution is 0.145. The zero-order chi connectivity index (χ0) is 17.8. The fourth-order valence-electron chi connectivity index (χ4n) is 3.10. The Balaban J connectivity index is 1.69. The van der Waals surface area contributed by atoms with Crippen molar-refractivity contribution in [3.63, 3.8) is 0 Å². The molecule has 5 heteroatoms. The first-order valence-electron chi connectivity index (χ1n) is 8.88. The number of nitrogens with zero attached hydrogens (tertiary/aromatic N) is 3. The molecule has 1 fully saturated rings. The maximum Gasteiger partial charge on any atom is 0.229 e. The third-order valence-corrected chi connectivity index (χ3v) is 4.55. The van der Waals surface area contributed by atoms with Gasteiger partial charge in [-0.05, 0) is 31.0 Å². The molecule has 0 aliphatic carbocycles. The number of benzene rings is 2. The van der Waals surface area contributed by atoms with Crippen molar-refractivity contribution < 1.29 is 5.11 Å². The lowest BCUT2D eigenvalue weighted by atomic mass is 10.1. The third kappa shape index (κ3) is 3.83. The number of aromatic nitrogens is 2. The Hall–Kier alpha value is -2.92. The van der Waals surface area contributed by atoms with Crippen LogP contribution in [0.5, 0.6) is 0 Å². The first-order chi connectivity index (χ1) is 12.8. The van der Waals surface area contributed by atoms with E-state index in [4.69, 9.17) is 9.97 Å². The maximum atomic E-state index is 9.78. The van der Waals surface area contributed by atoms with Gasteiger partial charge >= 0.3 is 0 Å². The van der Waals surface area contributed by atoms with Crippen LogP contribution in [0.3, 0.4) is 0 Å². The van der Waals surface area contributed by atoms with Crippen LogP contribution < -0.4 is 10.2 Å². The molecule has 5 nitrogen and oxygen atoms in total. The smallest absolute Gasteiger partial charge is 0.229 e. The van der Waals surface area contributed by atoms with Crippen LogP contribution >= 0.6 is 0 Å². The molecule has 131 valence electrons. The van der Waals surface area contributed by atoms with E-state index in [-0.39, 0.29) is 6.10 Å². The molecule has 3 aromatic rings. The number of rotatable bonds is 4. The summed E-state index contributed by atoms with van der Waals surface area (Å²) < 4.78 is 0. The number of hydrogen-bond donors (Lipinski definition) is 2. The molecule has 0 atom stereocenters. The van der Waals surface area contributed by atoms with Gasteiger partial charge in [0.25, 0.3) is 0 Å². The van der Waals surface area contributed by atoms with Crippen LogP contribution in [-0.4, -0.2) is 34.3 Å². The summed E-state index contributed by atoms with van der Waals surface area (Å²) in [6.45, 7) is 1.60. The van der Waals surface area contributed by atoms with Gasteiger partial charge in [0.15, 0.2) is 0 Å². The Kier molecular flexibility index (Phi) is 4.80. The predicted octanol–water partition coefficient (Wildman–Crippen LogP) is 3.65. The minimum atomic E-state index is -0.208. The van der Waals surface area contributed by atoms with Crippen LogP contribution in [-0.2, 0) is 0 Å². The highest BCUT2D eigenvalue weighted by Crippen LogP contribution is 2.26. The molecule has 1 aromatic heterocycles. The van der Waals surface area contributed by atoms with Gasteiger partial charge in [-0.1, -0.05) is 42.5 Å². The second kappa shape index (κ2) is 7.54. The van der Waals surface area contributed by atoms with E-state index in [1.807, 2.05) is 60.7 Å². The van der Waals surface area contributed by atoms with E-state index in [1.165, 1.54) is 0 Å². The molecule has 1 saturated heterocycles. The van der Waals surface area contributed by atoms with E-state index >= 15 is 0 Å². The van der Waals surface area contributed by atoms with Crippen molar-refractivity contribution >= 4 is 17.5 Å². The van der Waals surface area contributed by atoms with Crippen LogP contribution in [0.4, 0.5) is 17.5 Å². The van der Waals surface area contributed by atoms with Crippen molar-refractivity contribution in [3.05, 3.63) is 66.7 Å². The first kappa shape index (κ1) is 16.5. The minimum Gasteiger partial charge on any atom is -0.393 e. The first-order valence-corrected chi connectivity index (χ1v) is 8.88. The topological polar surface area (TPSA) is 61.3 Å². The van der Waals surface area contributed by atoms with Gasteiger partial charge in [-0.2, -0.15) is 4.98 Å². The lowest BCUT2D eigenvalue weighted by Crippen LogP contribution is -2.36. The molecule has 1 aliphatic heterocycles. The fraction of sp³-hybridized carbons (Fsp3) is 0.238. The number of piperidine rings is 1. The van der Waals surface area contributed by atoms with E-state index in [2.05, 4.69) is 16.3 Å². The minimum absolute atomic E-state index is 0.208. The molecule has 2 aromatic carbocycles. The molecule has 0 spiro atoms. The molecule has 1 radical (unpaired) electrons. The van der Waals surface area contributed by atoms with E-state index in [0.29, 0.717) is 5.95 Å². The summed E-state index contributed by atoms with van der Waals surface area (Å²) in [4.78, 5) is 11.6. The summed E-state index contributed by atoms with van der Waals surface area (Å²) in [6.07, 6.45) is 1.32. The van der Waals surface area contributed by atoms with Gasteiger partial charge < -0.3 is 15.3 Å². The lowest BCUT2D eigenvalue weighted by Gasteiger charge is -2.30. The molecule has 1 aliphatic rings. The number of aliphatic hydroxyl groups excluding tert-OH is 1. The van der Waals surface area contributed by atoms with Crippen LogP contribution in [0.2, 0.25) is 0 Å². The van der Waals surface area contributed by atoms with E-state index < -0.39 is 0 Å². The normalized spacial score (nSPS) is 15.0. The quantitative estimate of drug-likeness (QED) is 0.756. The molecule has 4 rings (SSSR count). The molecular formula is C21H21N4O. The van der Waals surface area contributed by atoms with Crippen LogP contribution in [0, 0.1) is 6.07 Å². The Morgan fingerprint density at radius 2 is 1.73 bits per heavy atom. The Labute approximate surface area is 153 Å². The number of hydrogen-bond acceptors (Lipinski definition) is 5. The average molecular weight is 345 g/mol. The Bertz CT molecular complexity index is 846. The van der Waals surface area contributed by atoms with Gasteiger partial charge in [0, 0.05) is 30.4 Å². The summed E-state index contributed by atoms with van der Waals surface area (Å²) in [7, 11) is 0. The number of anilines is 3. The molecule has 0 saturated carbocycles. The molecule has 2 heterocycles. The van der Waals surface area contributed by atoms with Gasteiger partial charge in [0.1, 0.15) is 5.82 Å². The standard InChI is InChI=1S/C21H21N4O/c26-18-11-13-25(14-12-18)20-15-19(16-7-3-1-4-8-16)23-21(24-20)22-17-9-5-2-6-10-17/h1,3-10,15,18,26H,11-14H2,(H,22,23,24). The Morgan fingerprint density at radius 1 is 1.00 bits per heavy atom. The van der Waals surface area contributed by atoms with Crippen LogP contribution in [0.1, 0.15) is 12.8 Å². The zero-order valence-electron chi connectivity index (χ0n) is 14.5. The van der Waals surface area contributed by atoms with E-state index in [0.717, 1.165) is 48.7 Å². The van der Waals surface area contributed by atoms with Crippen molar-refractivity contribution in [3.8, 4) is 11.3 Å². The van der Waals surface area contributed by atoms with E-state index in [1.54, 1.807) is 0 Å². The fourth-order valence-corrected chi connectivity index (χ4v) is 3.10. The summed E-state index contributed by atoms with van der Waals surface area (Å²) in [5.41, 5.74) is 2.86. The summed E-state index contributed by atoms with van der Waals surface area (Å²) in [6, 6.07) is 22.7. The molecular weight excluding hydrogens is 324 g/mol. The van der Waals surface area contributed by atoms with Crippen LogP contribution in [0.15, 0.2) is 60.7 Å². The van der Waals surface area contributed by atoms with Crippen molar-refractivity contribution in [2.75, 3.05) is 23.3 Å². The number of nitrogens with one attached hydrogen (secondary N) is 1. The largest absolute Gasteiger partial charge is 0.393 e. The summed E-state index contributed by atoms with van der Waals surface area (Å²) in [5, 5.41) is 13.1. The average Bonchev–Trinajstić information content (AvgIpc) is 2.70. The highest BCUT2D eigenvalue weighted by Gasteiger charge is 2.19. The van der Waals surface area contributed by atoms with Crippen molar-refractivity contribution in [2.45, 2.75) is 18.9 Å².